The Morgan fingerprint density at radius 1 is 0.976 bits per heavy atom. The van der Waals surface area contributed by atoms with E-state index in [9.17, 15) is 15.0 Å². The number of fused-ring (bicyclic) bond motifs is 1. The Morgan fingerprint density at radius 2 is 1.71 bits per heavy atom. The number of aliphatic hydroxyl groups is 2. The van der Waals surface area contributed by atoms with Gasteiger partial charge in [0.05, 0.1) is 18.0 Å². The molecule has 1 unspecified atom stereocenters. The van der Waals surface area contributed by atoms with Crippen LogP contribution < -0.4 is 0 Å². The average molecular weight is 556 g/mol. The van der Waals surface area contributed by atoms with Crippen LogP contribution in [0.15, 0.2) is 76.9 Å². The van der Waals surface area contributed by atoms with E-state index in [4.69, 9.17) is 4.42 Å². The molecule has 6 aliphatic rings. The monoisotopic (exact) mass is 555 g/mol. The second-order valence-corrected chi connectivity index (χ2v) is 14.6. The number of furan rings is 1. The maximum absolute atomic E-state index is 14.3. The zero-order chi connectivity index (χ0) is 28.7. The molecule has 2 N–H and O–H groups in total. The maximum Gasteiger partial charge on any atom is 0.224 e. The molecule has 1 heterocycles. The summed E-state index contributed by atoms with van der Waals surface area (Å²) in [4.78, 5) is 16.6. The molecule has 2 spiro atoms. The van der Waals surface area contributed by atoms with Gasteiger partial charge in [0.1, 0.15) is 0 Å². The number of rotatable bonds is 7. The lowest BCUT2D eigenvalue weighted by molar-refractivity contribution is -0.175. The molecule has 0 radical (unpaired) electrons. The molecule has 1 aromatic carbocycles. The van der Waals surface area contributed by atoms with Gasteiger partial charge in [0.25, 0.3) is 0 Å². The number of aliphatic hydroxyl groups excluding tert-OH is 1. The minimum Gasteiger partial charge on any atom is -0.461 e. The summed E-state index contributed by atoms with van der Waals surface area (Å²) in [6.45, 7) is 6.27. The number of hydrogen-bond acceptors (Lipinski definition) is 5. The van der Waals surface area contributed by atoms with Crippen LogP contribution in [0, 0.1) is 33.5 Å². The summed E-state index contributed by atoms with van der Waals surface area (Å²) in [6, 6.07) is 14.1. The lowest BCUT2D eigenvalue weighted by atomic mass is 9.32. The number of nitrogens with zero attached hydrogens (tertiary/aromatic N) is 1. The summed E-state index contributed by atoms with van der Waals surface area (Å²) in [6.07, 6.45) is 15.2. The van der Waals surface area contributed by atoms with Crippen LogP contribution >= 0.6 is 0 Å². The molecule has 0 saturated heterocycles. The van der Waals surface area contributed by atoms with Crippen molar-refractivity contribution in [2.45, 2.75) is 76.9 Å². The third kappa shape index (κ3) is 3.68. The van der Waals surface area contributed by atoms with Gasteiger partial charge in [0.2, 0.25) is 5.78 Å². The minimum absolute atomic E-state index is 0.0227. The molecule has 218 valence electrons. The minimum atomic E-state index is -0.828. The van der Waals surface area contributed by atoms with Crippen LogP contribution in [0.4, 0.5) is 0 Å². The highest BCUT2D eigenvalue weighted by atomic mass is 16.3. The lowest BCUT2D eigenvalue weighted by Crippen LogP contribution is -2.67. The highest BCUT2D eigenvalue weighted by Crippen LogP contribution is 2.78. The van der Waals surface area contributed by atoms with Crippen LogP contribution in [0.25, 0.3) is 0 Å². The molecule has 6 aliphatic carbocycles. The van der Waals surface area contributed by atoms with Crippen molar-refractivity contribution in [3.8, 4) is 0 Å². The van der Waals surface area contributed by atoms with E-state index in [1.807, 2.05) is 0 Å². The van der Waals surface area contributed by atoms with Gasteiger partial charge in [-0.1, -0.05) is 62.4 Å². The standard InChI is InChI=1S/C36H45NO4/c1-32-15-11-26(38)22-34(32)18-19-36(27(23-34)31(39)28-10-7-21-41-28)29(32)12-16-33(2)30(36)13-17-35(33,40)24-37(3)20-14-25-8-5-4-6-9-25/h4-10,18-19,21,23,26,29-30,38,40H,11-17,20,22,24H2,1-3H3/t26?,29-,30-,32-,33+,34+,35-,36-/m1/s1. The molecule has 1 aromatic heterocycles. The highest BCUT2D eigenvalue weighted by Gasteiger charge is 2.74. The summed E-state index contributed by atoms with van der Waals surface area (Å²) in [5, 5.41) is 23.4. The molecular formula is C36H45NO4. The van der Waals surface area contributed by atoms with E-state index in [0.717, 1.165) is 57.1 Å². The molecule has 2 bridgehead atoms. The quantitative estimate of drug-likeness (QED) is 0.313. The number of likely N-dealkylation sites (N-methyl/N-ethyl adjacent to an activating group) is 1. The third-order valence-corrected chi connectivity index (χ3v) is 12.9. The molecule has 0 aliphatic heterocycles. The van der Waals surface area contributed by atoms with E-state index in [1.54, 1.807) is 18.4 Å². The fourth-order valence-corrected chi connectivity index (χ4v) is 10.6. The van der Waals surface area contributed by atoms with Crippen LogP contribution in [0.2, 0.25) is 0 Å². The first-order valence-electron chi connectivity index (χ1n) is 15.7. The molecule has 0 amide bonds. The van der Waals surface area contributed by atoms with Gasteiger partial charge in [-0.2, -0.15) is 0 Å². The van der Waals surface area contributed by atoms with Crippen LogP contribution in [-0.2, 0) is 6.42 Å². The van der Waals surface area contributed by atoms with Crippen molar-refractivity contribution in [1.29, 1.82) is 0 Å². The molecule has 2 aromatic rings. The van der Waals surface area contributed by atoms with E-state index in [-0.39, 0.29) is 34.1 Å². The van der Waals surface area contributed by atoms with Gasteiger partial charge in [-0.05, 0) is 93.4 Å². The van der Waals surface area contributed by atoms with Crippen LogP contribution in [0.5, 0.6) is 0 Å². The second kappa shape index (κ2) is 9.26. The average Bonchev–Trinajstić information content (AvgIpc) is 3.59. The van der Waals surface area contributed by atoms with Crippen molar-refractivity contribution in [1.82, 2.24) is 4.90 Å². The van der Waals surface area contributed by atoms with Gasteiger partial charge in [0, 0.05) is 34.9 Å². The summed E-state index contributed by atoms with van der Waals surface area (Å²) < 4.78 is 5.69. The van der Waals surface area contributed by atoms with Gasteiger partial charge in [-0.25, -0.2) is 0 Å². The first-order valence-corrected chi connectivity index (χ1v) is 15.7. The topological polar surface area (TPSA) is 73.9 Å². The maximum atomic E-state index is 14.3. The van der Waals surface area contributed by atoms with E-state index < -0.39 is 11.0 Å². The summed E-state index contributed by atoms with van der Waals surface area (Å²) >= 11 is 0. The first kappa shape index (κ1) is 27.4. The van der Waals surface area contributed by atoms with Crippen LogP contribution in [-0.4, -0.2) is 52.7 Å². The van der Waals surface area contributed by atoms with E-state index in [2.05, 4.69) is 74.4 Å². The third-order valence-electron chi connectivity index (χ3n) is 12.9. The van der Waals surface area contributed by atoms with Crippen molar-refractivity contribution in [2.75, 3.05) is 20.1 Å². The summed E-state index contributed by atoms with van der Waals surface area (Å²) in [5.41, 5.74) is 0.227. The molecule has 3 saturated carbocycles. The Morgan fingerprint density at radius 3 is 2.46 bits per heavy atom. The number of carbonyl (C=O) groups is 1. The van der Waals surface area contributed by atoms with Gasteiger partial charge < -0.3 is 19.5 Å². The Hall–Kier alpha value is -2.47. The zero-order valence-corrected chi connectivity index (χ0v) is 24.8. The van der Waals surface area contributed by atoms with Gasteiger partial charge in [-0.15, -0.1) is 0 Å². The summed E-state index contributed by atoms with van der Waals surface area (Å²) in [5.74, 6) is 0.818. The predicted molar refractivity (Wildman–Crippen MR) is 159 cm³/mol. The Balaban J connectivity index is 1.26. The normalized spacial score (nSPS) is 42.5. The molecule has 5 heteroatoms. The predicted octanol–water partition coefficient (Wildman–Crippen LogP) is 6.23. The van der Waals surface area contributed by atoms with Gasteiger partial charge >= 0.3 is 0 Å². The molecule has 8 atom stereocenters. The van der Waals surface area contributed by atoms with Crippen molar-refractivity contribution in [3.05, 3.63) is 83.9 Å². The number of Topliss-reactive ketones (excluding diaryl/α,β-unsaturated/α-hetero) is 1. The second-order valence-electron chi connectivity index (χ2n) is 14.6. The Bertz CT molecular complexity index is 1380. The van der Waals surface area contributed by atoms with E-state index in [1.165, 1.54) is 5.56 Å². The van der Waals surface area contributed by atoms with E-state index in [0.29, 0.717) is 24.6 Å². The van der Waals surface area contributed by atoms with Crippen molar-refractivity contribution in [3.63, 3.8) is 0 Å². The fraction of sp³-hybridized carbons (Fsp3) is 0.583. The smallest absolute Gasteiger partial charge is 0.224 e. The summed E-state index contributed by atoms with van der Waals surface area (Å²) in [7, 11) is 2.14. The zero-order valence-electron chi connectivity index (χ0n) is 24.8. The number of hydrogen-bond donors (Lipinski definition) is 2. The number of benzene rings is 1. The molecular weight excluding hydrogens is 510 g/mol. The van der Waals surface area contributed by atoms with Gasteiger partial charge in [-0.3, -0.25) is 4.79 Å². The van der Waals surface area contributed by atoms with Crippen LogP contribution in [0.1, 0.15) is 74.9 Å². The first-order chi connectivity index (χ1) is 19.6. The van der Waals surface area contributed by atoms with Crippen LogP contribution in [0.3, 0.4) is 0 Å². The molecule has 5 nitrogen and oxygen atoms in total. The Kier molecular flexibility index (Phi) is 6.18. The van der Waals surface area contributed by atoms with Gasteiger partial charge in [0.15, 0.2) is 5.76 Å². The fourth-order valence-electron chi connectivity index (χ4n) is 10.6. The SMILES string of the molecule is CN(CCc1ccccc1)C[C@]1(O)CC[C@H]2[C@]34C=C[C@@]5(C=C3C(=O)c3ccco3)CC(O)CC[C@]5(C)[C@H]4CC[C@@]21C. The molecule has 8 rings (SSSR count). The lowest BCUT2D eigenvalue weighted by Gasteiger charge is -2.71. The molecule has 3 fully saturated rings. The number of ketones is 1. The number of carbonyl (C=O) groups excluding carboxylic acids is 1. The Labute approximate surface area is 244 Å². The van der Waals surface area contributed by atoms with E-state index >= 15 is 0 Å². The molecule has 41 heavy (non-hydrogen) atoms. The largest absolute Gasteiger partial charge is 0.461 e. The van der Waals surface area contributed by atoms with Crippen molar-refractivity contribution < 1.29 is 19.4 Å². The van der Waals surface area contributed by atoms with Crippen molar-refractivity contribution >= 4 is 5.78 Å². The van der Waals surface area contributed by atoms with Crippen molar-refractivity contribution in [2.24, 2.45) is 33.5 Å². The highest BCUT2D eigenvalue weighted by molar-refractivity contribution is 6.08. The number of allylic oxidation sites excluding steroid dienone is 4.